The molecule has 9 heteroatoms. The van der Waals surface area contributed by atoms with Crippen molar-refractivity contribution in [3.8, 4) is 0 Å². The zero-order chi connectivity index (χ0) is 19.0. The molecule has 1 heterocycles. The number of hydrogen-bond acceptors (Lipinski definition) is 6. The summed E-state index contributed by atoms with van der Waals surface area (Å²) in [7, 11) is 0. The molecule has 5 fully saturated rings. The molecular weight excluding hydrogens is 370 g/mol. The summed E-state index contributed by atoms with van der Waals surface area (Å²) in [4.78, 5) is 48.7. The second kappa shape index (κ2) is 7.33. The van der Waals surface area contributed by atoms with Crippen LogP contribution in [0.5, 0.6) is 0 Å². The second-order valence-electron chi connectivity index (χ2n) is 8.40. The number of esters is 1. The third-order valence-electron chi connectivity index (χ3n) is 6.20. The summed E-state index contributed by atoms with van der Waals surface area (Å²) >= 11 is 1.15. The Morgan fingerprint density at radius 3 is 2.30 bits per heavy atom. The average molecular weight is 395 g/mol. The van der Waals surface area contributed by atoms with Gasteiger partial charge in [0.25, 0.3) is 11.1 Å². The summed E-state index contributed by atoms with van der Waals surface area (Å²) in [6, 6.07) is -0.510. The van der Waals surface area contributed by atoms with Gasteiger partial charge in [0.15, 0.2) is 6.61 Å². The fraction of sp³-hybridized carbons (Fsp3) is 0.778. The normalized spacial score (nSPS) is 33.9. The summed E-state index contributed by atoms with van der Waals surface area (Å²) in [5.41, 5.74) is -0.177. The van der Waals surface area contributed by atoms with E-state index in [4.69, 9.17) is 4.74 Å². The first kappa shape index (κ1) is 18.6. The highest BCUT2D eigenvalue weighted by atomic mass is 32.2. The van der Waals surface area contributed by atoms with Crippen LogP contribution in [0.2, 0.25) is 0 Å². The molecule has 0 aromatic heterocycles. The van der Waals surface area contributed by atoms with Gasteiger partial charge in [0.05, 0.1) is 0 Å². The summed E-state index contributed by atoms with van der Waals surface area (Å²) in [5.74, 6) is 1.42. The van der Waals surface area contributed by atoms with Crippen LogP contribution in [0, 0.1) is 17.8 Å². The summed E-state index contributed by atoms with van der Waals surface area (Å²) < 4.78 is 4.87. The first-order valence-electron chi connectivity index (χ1n) is 9.60. The third-order valence-corrected chi connectivity index (χ3v) is 7.09. The van der Waals surface area contributed by atoms with E-state index in [1.165, 1.54) is 24.2 Å². The number of carbonyl (C=O) groups is 4. The molecule has 148 valence electrons. The molecule has 2 N–H and O–H groups in total. The van der Waals surface area contributed by atoms with Crippen molar-refractivity contribution in [1.29, 1.82) is 0 Å². The summed E-state index contributed by atoms with van der Waals surface area (Å²) in [6.07, 6.45) is 6.81. The molecular formula is C18H25N3O5S. The number of urea groups is 1. The number of rotatable bonds is 5. The van der Waals surface area contributed by atoms with Crippen LogP contribution >= 0.6 is 11.8 Å². The van der Waals surface area contributed by atoms with Gasteiger partial charge in [0.1, 0.15) is 6.54 Å². The van der Waals surface area contributed by atoms with Gasteiger partial charge in [-0.1, -0.05) is 11.8 Å². The second-order valence-corrected chi connectivity index (χ2v) is 9.44. The van der Waals surface area contributed by atoms with E-state index in [9.17, 15) is 19.2 Å². The fourth-order valence-electron chi connectivity index (χ4n) is 5.62. The fourth-order valence-corrected chi connectivity index (χ4v) is 6.44. The predicted molar refractivity (Wildman–Crippen MR) is 98.0 cm³/mol. The Morgan fingerprint density at radius 1 is 1.11 bits per heavy atom. The maximum Gasteiger partial charge on any atom is 0.326 e. The third kappa shape index (κ3) is 4.23. The standard InChI is InChI=1S/C18H25N3O5S/c22-14(10-26-15(23)9-21-1-2-27-17(21)25)19-16(24)20-18-6-11-3-12(7-18)5-13(4-11)8-18/h11-13H,1-10H2,(H2,19,20,22,24). The van der Waals surface area contributed by atoms with E-state index in [1.807, 2.05) is 0 Å². The van der Waals surface area contributed by atoms with Crippen LogP contribution in [0.1, 0.15) is 38.5 Å². The van der Waals surface area contributed by atoms with Crippen LogP contribution in [-0.2, 0) is 14.3 Å². The molecule has 4 saturated carbocycles. The van der Waals surface area contributed by atoms with Crippen molar-refractivity contribution >= 4 is 34.9 Å². The molecule has 8 nitrogen and oxygen atoms in total. The van der Waals surface area contributed by atoms with Gasteiger partial charge in [-0.2, -0.15) is 0 Å². The SMILES string of the molecule is O=C(COC(=O)CN1CCSC1=O)NC(=O)NC12CC3CC(CC(C3)C1)C2. The first-order valence-corrected chi connectivity index (χ1v) is 10.6. The molecule has 0 radical (unpaired) electrons. The number of nitrogens with one attached hydrogen (secondary N) is 2. The lowest BCUT2D eigenvalue weighted by Crippen LogP contribution is -2.62. The molecule has 5 rings (SSSR count). The maximum atomic E-state index is 12.3. The number of imide groups is 1. The van der Waals surface area contributed by atoms with Crippen molar-refractivity contribution in [3.05, 3.63) is 0 Å². The van der Waals surface area contributed by atoms with E-state index in [0.717, 1.165) is 31.0 Å². The smallest absolute Gasteiger partial charge is 0.326 e. The molecule has 5 aliphatic rings. The van der Waals surface area contributed by atoms with Gasteiger partial charge >= 0.3 is 12.0 Å². The number of amides is 4. The lowest BCUT2D eigenvalue weighted by Gasteiger charge is -2.56. The maximum absolute atomic E-state index is 12.3. The number of hydrogen-bond donors (Lipinski definition) is 2. The lowest BCUT2D eigenvalue weighted by atomic mass is 9.53. The molecule has 0 unspecified atom stereocenters. The quantitative estimate of drug-likeness (QED) is 0.684. The monoisotopic (exact) mass is 395 g/mol. The number of nitrogens with zero attached hydrogens (tertiary/aromatic N) is 1. The van der Waals surface area contributed by atoms with Crippen LogP contribution in [0.25, 0.3) is 0 Å². The zero-order valence-corrected chi connectivity index (χ0v) is 16.0. The van der Waals surface area contributed by atoms with Crippen LogP contribution in [0.4, 0.5) is 9.59 Å². The highest BCUT2D eigenvalue weighted by Crippen LogP contribution is 2.55. The first-order chi connectivity index (χ1) is 12.9. The minimum atomic E-state index is -0.660. The molecule has 0 spiro atoms. The average Bonchev–Trinajstić information content (AvgIpc) is 2.96. The predicted octanol–water partition coefficient (Wildman–Crippen LogP) is 1.49. The van der Waals surface area contributed by atoms with Gasteiger partial charge in [-0.15, -0.1) is 0 Å². The van der Waals surface area contributed by atoms with E-state index in [1.54, 1.807) is 0 Å². The van der Waals surface area contributed by atoms with Crippen molar-refractivity contribution in [2.45, 2.75) is 44.1 Å². The van der Waals surface area contributed by atoms with Crippen molar-refractivity contribution in [2.24, 2.45) is 17.8 Å². The van der Waals surface area contributed by atoms with Gasteiger partial charge in [-0.3, -0.25) is 19.7 Å². The van der Waals surface area contributed by atoms with Crippen molar-refractivity contribution < 1.29 is 23.9 Å². The largest absolute Gasteiger partial charge is 0.454 e. The molecule has 1 saturated heterocycles. The Hall–Kier alpha value is -1.77. The lowest BCUT2D eigenvalue weighted by molar-refractivity contribution is -0.148. The van der Waals surface area contributed by atoms with E-state index in [-0.39, 0.29) is 17.3 Å². The molecule has 4 amide bonds. The number of ether oxygens (including phenoxy) is 1. The van der Waals surface area contributed by atoms with Crippen LogP contribution in [0.3, 0.4) is 0 Å². The number of thioether (sulfide) groups is 1. The summed E-state index contributed by atoms with van der Waals surface area (Å²) in [5, 5.41) is 5.14. The summed E-state index contributed by atoms with van der Waals surface area (Å²) in [6.45, 7) is -0.195. The van der Waals surface area contributed by atoms with Gasteiger partial charge in [-0.05, 0) is 56.3 Å². The van der Waals surface area contributed by atoms with Gasteiger partial charge in [-0.25, -0.2) is 4.79 Å². The van der Waals surface area contributed by atoms with Crippen LogP contribution < -0.4 is 10.6 Å². The molecule has 4 aliphatic carbocycles. The van der Waals surface area contributed by atoms with E-state index < -0.39 is 24.5 Å². The van der Waals surface area contributed by atoms with E-state index in [0.29, 0.717) is 30.1 Å². The Balaban J connectivity index is 1.20. The van der Waals surface area contributed by atoms with E-state index in [2.05, 4.69) is 10.6 Å². The highest BCUT2D eigenvalue weighted by molar-refractivity contribution is 8.13. The molecule has 0 aromatic rings. The van der Waals surface area contributed by atoms with E-state index >= 15 is 0 Å². The molecule has 4 bridgehead atoms. The molecule has 27 heavy (non-hydrogen) atoms. The van der Waals surface area contributed by atoms with Gasteiger partial charge < -0.3 is 15.0 Å². The minimum Gasteiger partial charge on any atom is -0.454 e. The van der Waals surface area contributed by atoms with Crippen molar-refractivity contribution in [1.82, 2.24) is 15.5 Å². The van der Waals surface area contributed by atoms with Gasteiger partial charge in [0.2, 0.25) is 0 Å². The number of carbonyl (C=O) groups excluding carboxylic acids is 4. The van der Waals surface area contributed by atoms with Crippen LogP contribution in [-0.4, -0.2) is 59.0 Å². The van der Waals surface area contributed by atoms with Crippen LogP contribution in [0.15, 0.2) is 0 Å². The Labute approximate surface area is 162 Å². The minimum absolute atomic E-state index is 0.161. The van der Waals surface area contributed by atoms with Crippen molar-refractivity contribution in [3.63, 3.8) is 0 Å². The Bertz CT molecular complexity index is 632. The Morgan fingerprint density at radius 2 is 1.74 bits per heavy atom. The molecule has 1 aliphatic heterocycles. The Kier molecular flexibility index (Phi) is 5.05. The molecule has 0 atom stereocenters. The zero-order valence-electron chi connectivity index (χ0n) is 15.2. The highest BCUT2D eigenvalue weighted by Gasteiger charge is 2.51. The molecule has 0 aromatic carbocycles. The van der Waals surface area contributed by atoms with Crippen molar-refractivity contribution in [2.75, 3.05) is 25.4 Å². The van der Waals surface area contributed by atoms with Gasteiger partial charge in [0, 0.05) is 17.8 Å². The topological polar surface area (TPSA) is 105 Å².